The predicted octanol–water partition coefficient (Wildman–Crippen LogP) is 14.6. The second-order valence-corrected chi connectivity index (χ2v) is 15.7. The smallest absolute Gasteiger partial charge is 0.143 e. The minimum absolute atomic E-state index is 0.0926. The summed E-state index contributed by atoms with van der Waals surface area (Å²) in [6.07, 6.45) is 2.02. The molecule has 0 radical (unpaired) electrons. The van der Waals surface area contributed by atoms with Gasteiger partial charge in [-0.05, 0) is 105 Å². The van der Waals surface area contributed by atoms with Gasteiger partial charge in [0.05, 0.1) is 5.69 Å². The van der Waals surface area contributed by atoms with Crippen LogP contribution in [0.5, 0.6) is 0 Å². The zero-order valence-electron chi connectivity index (χ0n) is 31.3. The lowest BCUT2D eigenvalue weighted by atomic mass is 9.75. The third-order valence-corrected chi connectivity index (χ3v) is 12.7. The van der Waals surface area contributed by atoms with E-state index in [1.165, 1.54) is 61.0 Å². The lowest BCUT2D eigenvalue weighted by Crippen LogP contribution is -2.25. The first-order valence-electron chi connectivity index (χ1n) is 19.9. The normalized spacial score (nSPS) is 13.6. The molecule has 0 bridgehead atoms. The highest BCUT2D eigenvalue weighted by molar-refractivity contribution is 6.09. The number of rotatable bonds is 5. The topological polar surface area (TPSA) is 16.4 Å². The zero-order chi connectivity index (χ0) is 37.5. The van der Waals surface area contributed by atoms with Gasteiger partial charge in [0.15, 0.2) is 0 Å². The fourth-order valence-corrected chi connectivity index (χ4v) is 10.1. The number of hydrogen-bond acceptors (Lipinski definition) is 2. The third kappa shape index (κ3) is 4.84. The molecule has 10 aromatic rings. The first kappa shape index (κ1) is 32.1. The minimum atomic E-state index is -0.0926. The van der Waals surface area contributed by atoms with Gasteiger partial charge in [0.1, 0.15) is 11.2 Å². The molecule has 2 heteroatoms. The highest BCUT2D eigenvalue weighted by atomic mass is 16.3. The highest BCUT2D eigenvalue weighted by Crippen LogP contribution is 2.58. The van der Waals surface area contributed by atoms with Gasteiger partial charge in [-0.1, -0.05) is 164 Å². The van der Waals surface area contributed by atoms with Gasteiger partial charge >= 0.3 is 0 Å². The second-order valence-electron chi connectivity index (χ2n) is 15.7. The number of para-hydroxylation sites is 2. The Morgan fingerprint density at radius 3 is 1.74 bits per heavy atom. The largest absolute Gasteiger partial charge is 0.455 e. The summed E-state index contributed by atoms with van der Waals surface area (Å²) < 4.78 is 6.47. The molecule has 268 valence electrons. The van der Waals surface area contributed by atoms with Crippen molar-refractivity contribution in [2.24, 2.45) is 0 Å². The van der Waals surface area contributed by atoms with Gasteiger partial charge in [0.2, 0.25) is 0 Å². The van der Waals surface area contributed by atoms with E-state index >= 15 is 0 Å². The van der Waals surface area contributed by atoms with Gasteiger partial charge in [-0.2, -0.15) is 0 Å². The Kier molecular flexibility index (Phi) is 7.00. The monoisotopic (exact) mass is 727 g/mol. The lowest BCUT2D eigenvalue weighted by molar-refractivity contribution is 0.563. The first-order valence-corrected chi connectivity index (χ1v) is 19.9. The molecule has 57 heavy (non-hydrogen) atoms. The van der Waals surface area contributed by atoms with Gasteiger partial charge in [0, 0.05) is 38.7 Å². The number of hydrogen-bond donors (Lipinski definition) is 0. The standard InChI is InChI=1S/C55H37NO/c1-2-14-40-35-55(34-39(40)13-1)49-22-7-5-18-48(49)53-50(55)23-11-24-51(53)56(41-30-26-37(27-31-41)44-19-9-15-36-12-3-4-16-43(36)44)42-32-28-38(29-33-42)45-20-10-21-47-46-17-6-8-25-52(46)57-54(45)47/h1-33H,34-35H2. The maximum absolute atomic E-state index is 6.47. The number of fused-ring (bicyclic) bond motifs is 10. The van der Waals surface area contributed by atoms with Crippen molar-refractivity contribution in [1.29, 1.82) is 0 Å². The molecule has 0 fully saturated rings. The Morgan fingerprint density at radius 1 is 0.404 bits per heavy atom. The molecule has 0 amide bonds. The van der Waals surface area contributed by atoms with Crippen LogP contribution in [0.3, 0.4) is 0 Å². The molecule has 1 heterocycles. The second kappa shape index (κ2) is 12.4. The van der Waals surface area contributed by atoms with E-state index in [1.807, 2.05) is 6.07 Å². The van der Waals surface area contributed by atoms with E-state index in [4.69, 9.17) is 4.42 Å². The van der Waals surface area contributed by atoms with E-state index in [9.17, 15) is 0 Å². The summed E-state index contributed by atoms with van der Waals surface area (Å²) in [6, 6.07) is 73.4. The maximum Gasteiger partial charge on any atom is 0.143 e. The molecule has 0 aliphatic heterocycles. The van der Waals surface area contributed by atoms with Gasteiger partial charge in [-0.15, -0.1) is 0 Å². The molecule has 2 aliphatic rings. The van der Waals surface area contributed by atoms with Crippen molar-refractivity contribution in [3.8, 4) is 33.4 Å². The number of nitrogens with zero attached hydrogens (tertiary/aromatic N) is 1. The van der Waals surface area contributed by atoms with Crippen LogP contribution in [0.25, 0.3) is 66.1 Å². The lowest BCUT2D eigenvalue weighted by Gasteiger charge is -2.30. The Bertz CT molecular complexity index is 3160. The van der Waals surface area contributed by atoms with E-state index in [0.29, 0.717) is 0 Å². The summed E-state index contributed by atoms with van der Waals surface area (Å²) in [5.74, 6) is 0. The third-order valence-electron chi connectivity index (χ3n) is 12.7. The molecule has 9 aromatic carbocycles. The Morgan fingerprint density at radius 2 is 0.947 bits per heavy atom. The molecule has 0 N–H and O–H groups in total. The van der Waals surface area contributed by atoms with Gasteiger partial charge < -0.3 is 9.32 Å². The van der Waals surface area contributed by atoms with E-state index in [-0.39, 0.29) is 5.41 Å². The fraction of sp³-hybridized carbons (Fsp3) is 0.0545. The van der Waals surface area contributed by atoms with Crippen LogP contribution in [0.1, 0.15) is 22.3 Å². The Hall–Kier alpha value is -7.16. The molecular formula is C55H37NO. The van der Waals surface area contributed by atoms with Crippen molar-refractivity contribution < 1.29 is 4.42 Å². The summed E-state index contributed by atoms with van der Waals surface area (Å²) in [5.41, 5.74) is 18.3. The molecular weight excluding hydrogens is 691 g/mol. The van der Waals surface area contributed by atoms with Gasteiger partial charge in [0.25, 0.3) is 0 Å². The predicted molar refractivity (Wildman–Crippen MR) is 237 cm³/mol. The highest BCUT2D eigenvalue weighted by Gasteiger charge is 2.48. The molecule has 1 aromatic heterocycles. The van der Waals surface area contributed by atoms with E-state index < -0.39 is 0 Å². The molecule has 0 atom stereocenters. The van der Waals surface area contributed by atoms with Crippen molar-refractivity contribution in [3.63, 3.8) is 0 Å². The molecule has 2 nitrogen and oxygen atoms in total. The molecule has 0 unspecified atom stereocenters. The zero-order valence-corrected chi connectivity index (χ0v) is 31.3. The van der Waals surface area contributed by atoms with Crippen LogP contribution >= 0.6 is 0 Å². The summed E-state index contributed by atoms with van der Waals surface area (Å²) in [7, 11) is 0. The molecule has 12 rings (SSSR count). The molecule has 2 aliphatic carbocycles. The molecule has 0 saturated carbocycles. The van der Waals surface area contributed by atoms with Crippen molar-refractivity contribution in [3.05, 3.63) is 222 Å². The summed E-state index contributed by atoms with van der Waals surface area (Å²) in [4.78, 5) is 2.47. The van der Waals surface area contributed by atoms with Crippen LogP contribution in [0, 0.1) is 0 Å². The van der Waals surface area contributed by atoms with Crippen molar-refractivity contribution in [1.82, 2.24) is 0 Å². The van der Waals surface area contributed by atoms with E-state index in [1.54, 1.807) is 0 Å². The van der Waals surface area contributed by atoms with Crippen LogP contribution in [-0.2, 0) is 18.3 Å². The quantitative estimate of drug-likeness (QED) is 0.175. The van der Waals surface area contributed by atoms with Crippen LogP contribution in [-0.4, -0.2) is 0 Å². The van der Waals surface area contributed by atoms with Crippen molar-refractivity contribution >= 4 is 49.8 Å². The SMILES string of the molecule is c1ccc2c(c1)CC1(C2)c2ccccc2-c2c(N(c3ccc(-c4cccc5ccccc45)cc3)c3ccc(-c4cccc5c4oc4ccccc45)cc3)cccc21. The van der Waals surface area contributed by atoms with E-state index in [2.05, 4.69) is 199 Å². The average Bonchev–Trinajstić information content (AvgIpc) is 3.94. The summed E-state index contributed by atoms with van der Waals surface area (Å²) in [6.45, 7) is 0. The Balaban J connectivity index is 1.03. The number of benzene rings is 9. The van der Waals surface area contributed by atoms with Gasteiger partial charge in [-0.3, -0.25) is 0 Å². The summed E-state index contributed by atoms with van der Waals surface area (Å²) in [5, 5.41) is 4.80. The molecule has 0 saturated heterocycles. The number of anilines is 3. The van der Waals surface area contributed by atoms with Crippen LogP contribution in [0.4, 0.5) is 17.1 Å². The van der Waals surface area contributed by atoms with E-state index in [0.717, 1.165) is 57.3 Å². The van der Waals surface area contributed by atoms with Crippen molar-refractivity contribution in [2.45, 2.75) is 18.3 Å². The Labute approximate surface area is 331 Å². The van der Waals surface area contributed by atoms with Gasteiger partial charge in [-0.25, -0.2) is 0 Å². The minimum Gasteiger partial charge on any atom is -0.455 e. The average molecular weight is 728 g/mol. The van der Waals surface area contributed by atoms with Crippen LogP contribution in [0.15, 0.2) is 205 Å². The van der Waals surface area contributed by atoms with Crippen molar-refractivity contribution in [2.75, 3.05) is 4.90 Å². The fourth-order valence-electron chi connectivity index (χ4n) is 10.1. The first-order chi connectivity index (χ1) is 28.2. The maximum atomic E-state index is 6.47. The number of furan rings is 1. The summed E-state index contributed by atoms with van der Waals surface area (Å²) >= 11 is 0. The molecule has 1 spiro atoms. The van der Waals surface area contributed by atoms with Crippen LogP contribution < -0.4 is 4.90 Å². The van der Waals surface area contributed by atoms with Crippen LogP contribution in [0.2, 0.25) is 0 Å².